The zero-order valence-electron chi connectivity index (χ0n) is 23.2. The number of carboxylic acid groups (broad SMARTS) is 1. The Kier molecular flexibility index (Phi) is 10.4. The summed E-state index contributed by atoms with van der Waals surface area (Å²) in [5.41, 5.74) is 8.66. The van der Waals surface area contributed by atoms with Crippen LogP contribution in [0.1, 0.15) is 45.4 Å². The van der Waals surface area contributed by atoms with Crippen LogP contribution in [0.25, 0.3) is 10.9 Å². The minimum atomic E-state index is -1.16. The molecule has 5 unspecified atom stereocenters. The standard InChI is InChI=1S/C28H39N7O5/c1-5-16(4)24(27(38)34-23(15(2)3)28(39)40)35-26(37)22(11-18-13-30-14-32-18)33-25(36)20(29)10-17-12-31-21-9-7-6-8-19(17)21/h6-9,12-16,20,22-24,31H,5,10-11,29H2,1-4H3,(H,30,32)(H,33,36)(H,34,38)(H,35,37)(H,39,40). The number of hydrogen-bond donors (Lipinski definition) is 7. The van der Waals surface area contributed by atoms with E-state index in [0.717, 1.165) is 16.5 Å². The van der Waals surface area contributed by atoms with Gasteiger partial charge in [-0.3, -0.25) is 14.4 Å². The van der Waals surface area contributed by atoms with Crippen molar-refractivity contribution in [3.63, 3.8) is 0 Å². The zero-order chi connectivity index (χ0) is 29.4. The van der Waals surface area contributed by atoms with Gasteiger partial charge in [0.15, 0.2) is 0 Å². The van der Waals surface area contributed by atoms with Crippen LogP contribution in [0, 0.1) is 11.8 Å². The molecular formula is C28H39N7O5. The number of nitrogens with zero attached hydrogens (tertiary/aromatic N) is 1. The number of aromatic nitrogens is 3. The number of carboxylic acids is 1. The first-order valence-corrected chi connectivity index (χ1v) is 13.4. The van der Waals surface area contributed by atoms with Crippen LogP contribution in [0.4, 0.5) is 0 Å². The number of aromatic amines is 2. The predicted octanol–water partition coefficient (Wildman–Crippen LogP) is 1.24. The highest BCUT2D eigenvalue weighted by Crippen LogP contribution is 2.19. The fraction of sp³-hybridized carbons (Fsp3) is 0.464. The highest BCUT2D eigenvalue weighted by Gasteiger charge is 2.33. The van der Waals surface area contributed by atoms with Gasteiger partial charge in [0, 0.05) is 35.4 Å². The Morgan fingerprint density at radius 3 is 2.27 bits per heavy atom. The van der Waals surface area contributed by atoms with E-state index in [9.17, 15) is 24.3 Å². The van der Waals surface area contributed by atoms with Gasteiger partial charge in [-0.1, -0.05) is 52.3 Å². The minimum Gasteiger partial charge on any atom is -0.480 e. The Hall–Kier alpha value is -4.19. The molecule has 8 N–H and O–H groups in total. The van der Waals surface area contributed by atoms with Gasteiger partial charge in [-0.25, -0.2) is 9.78 Å². The van der Waals surface area contributed by atoms with Crippen molar-refractivity contribution < 1.29 is 24.3 Å². The topological polar surface area (TPSA) is 195 Å². The number of amides is 3. The number of rotatable bonds is 14. The Morgan fingerprint density at radius 1 is 0.950 bits per heavy atom. The lowest BCUT2D eigenvalue weighted by Gasteiger charge is -2.28. The molecule has 0 aliphatic carbocycles. The number of nitrogens with two attached hydrogens (primary N) is 1. The monoisotopic (exact) mass is 553 g/mol. The van der Waals surface area contributed by atoms with Gasteiger partial charge >= 0.3 is 5.97 Å². The van der Waals surface area contributed by atoms with Gasteiger partial charge in [0.05, 0.1) is 12.4 Å². The number of nitrogens with one attached hydrogen (secondary N) is 5. The number of carbonyl (C=O) groups is 4. The van der Waals surface area contributed by atoms with E-state index >= 15 is 0 Å². The SMILES string of the molecule is CCC(C)C(NC(=O)C(Cc1cnc[nH]1)NC(=O)C(N)Cc1c[nH]c2ccccc12)C(=O)NC(C(=O)O)C(C)C. The van der Waals surface area contributed by atoms with Gasteiger partial charge in [-0.05, 0) is 29.9 Å². The lowest BCUT2D eigenvalue weighted by molar-refractivity contribution is -0.144. The third-order valence-corrected chi connectivity index (χ3v) is 7.09. The number of H-pyrrole nitrogens is 2. The largest absolute Gasteiger partial charge is 0.480 e. The average molecular weight is 554 g/mol. The van der Waals surface area contributed by atoms with Gasteiger partial charge in [0.1, 0.15) is 18.1 Å². The minimum absolute atomic E-state index is 0.0793. The summed E-state index contributed by atoms with van der Waals surface area (Å²) in [6.07, 6.45) is 5.68. The quantitative estimate of drug-likeness (QED) is 0.156. The van der Waals surface area contributed by atoms with Gasteiger partial charge in [-0.2, -0.15) is 0 Å². The fourth-order valence-electron chi connectivity index (χ4n) is 4.45. The van der Waals surface area contributed by atoms with Gasteiger partial charge in [0.25, 0.3) is 0 Å². The van der Waals surface area contributed by atoms with Crippen LogP contribution in [-0.2, 0) is 32.0 Å². The van der Waals surface area contributed by atoms with E-state index in [1.165, 1.54) is 12.5 Å². The van der Waals surface area contributed by atoms with Crippen molar-refractivity contribution >= 4 is 34.6 Å². The number of benzene rings is 1. The van der Waals surface area contributed by atoms with Crippen molar-refractivity contribution in [3.8, 4) is 0 Å². The highest BCUT2D eigenvalue weighted by atomic mass is 16.4. The lowest BCUT2D eigenvalue weighted by Crippen LogP contribution is -2.59. The molecule has 3 amide bonds. The van der Waals surface area contributed by atoms with Crippen LogP contribution < -0.4 is 21.7 Å². The summed E-state index contributed by atoms with van der Waals surface area (Å²) < 4.78 is 0. The summed E-state index contributed by atoms with van der Waals surface area (Å²) in [5, 5.41) is 18.5. The molecule has 40 heavy (non-hydrogen) atoms. The third kappa shape index (κ3) is 7.69. The number of imidazole rings is 1. The fourth-order valence-corrected chi connectivity index (χ4v) is 4.45. The predicted molar refractivity (Wildman–Crippen MR) is 150 cm³/mol. The van der Waals surface area contributed by atoms with Crippen LogP contribution in [0.15, 0.2) is 43.0 Å². The summed E-state index contributed by atoms with van der Waals surface area (Å²) in [4.78, 5) is 61.5. The molecule has 5 atom stereocenters. The van der Waals surface area contributed by atoms with Crippen molar-refractivity contribution in [1.29, 1.82) is 0 Å². The van der Waals surface area contributed by atoms with Crippen molar-refractivity contribution in [3.05, 3.63) is 54.2 Å². The summed E-state index contributed by atoms with van der Waals surface area (Å²) in [5.74, 6) is -3.56. The molecule has 216 valence electrons. The molecule has 0 saturated carbocycles. The van der Waals surface area contributed by atoms with Gasteiger partial charge in [-0.15, -0.1) is 0 Å². The van der Waals surface area contributed by atoms with E-state index in [2.05, 4.69) is 30.9 Å². The molecule has 0 aliphatic heterocycles. The molecule has 1 aromatic carbocycles. The molecule has 0 spiro atoms. The van der Waals surface area contributed by atoms with E-state index in [-0.39, 0.29) is 24.7 Å². The van der Waals surface area contributed by atoms with E-state index in [0.29, 0.717) is 12.1 Å². The molecule has 2 aromatic heterocycles. The second-order valence-electron chi connectivity index (χ2n) is 10.5. The van der Waals surface area contributed by atoms with Crippen LogP contribution in [0.2, 0.25) is 0 Å². The van der Waals surface area contributed by atoms with Crippen LogP contribution >= 0.6 is 0 Å². The molecule has 12 nitrogen and oxygen atoms in total. The normalized spacial score (nSPS) is 15.2. The number of carbonyl (C=O) groups excluding carboxylic acids is 3. The van der Waals surface area contributed by atoms with Crippen molar-refractivity contribution in [2.75, 3.05) is 0 Å². The van der Waals surface area contributed by atoms with E-state index in [4.69, 9.17) is 5.73 Å². The van der Waals surface area contributed by atoms with E-state index in [1.54, 1.807) is 20.8 Å². The molecule has 0 bridgehead atoms. The molecule has 0 aliphatic rings. The summed E-state index contributed by atoms with van der Waals surface area (Å²) >= 11 is 0. The van der Waals surface area contributed by atoms with Crippen LogP contribution in [0.3, 0.4) is 0 Å². The third-order valence-electron chi connectivity index (χ3n) is 7.09. The molecule has 12 heteroatoms. The molecule has 0 saturated heterocycles. The summed E-state index contributed by atoms with van der Waals surface area (Å²) in [6, 6.07) is 3.55. The molecule has 3 rings (SSSR count). The number of hydrogen-bond acceptors (Lipinski definition) is 6. The first-order chi connectivity index (χ1) is 19.0. The Bertz CT molecular complexity index is 1300. The smallest absolute Gasteiger partial charge is 0.326 e. The van der Waals surface area contributed by atoms with Crippen molar-refractivity contribution in [2.45, 2.75) is 71.1 Å². The Balaban J connectivity index is 1.76. The maximum atomic E-state index is 13.5. The summed E-state index contributed by atoms with van der Waals surface area (Å²) in [6.45, 7) is 7.02. The first kappa shape index (κ1) is 30.4. The molecule has 0 fully saturated rings. The molecule has 2 heterocycles. The van der Waals surface area contributed by atoms with Gasteiger partial charge < -0.3 is 36.8 Å². The maximum absolute atomic E-state index is 13.5. The number of fused-ring (bicyclic) bond motifs is 1. The number of aliphatic carboxylic acids is 1. The summed E-state index contributed by atoms with van der Waals surface area (Å²) in [7, 11) is 0. The Morgan fingerprint density at radius 2 is 1.65 bits per heavy atom. The van der Waals surface area contributed by atoms with E-state index < -0.39 is 47.9 Å². The zero-order valence-corrected chi connectivity index (χ0v) is 23.2. The van der Waals surface area contributed by atoms with Gasteiger partial charge in [0.2, 0.25) is 17.7 Å². The number of para-hydroxylation sites is 1. The van der Waals surface area contributed by atoms with Crippen LogP contribution in [-0.4, -0.2) is 67.9 Å². The molecule has 0 radical (unpaired) electrons. The second kappa shape index (κ2) is 13.7. The average Bonchev–Trinajstić information content (AvgIpc) is 3.59. The first-order valence-electron chi connectivity index (χ1n) is 13.4. The lowest BCUT2D eigenvalue weighted by atomic mass is 9.96. The van der Waals surface area contributed by atoms with E-state index in [1.807, 2.05) is 37.4 Å². The van der Waals surface area contributed by atoms with Crippen molar-refractivity contribution in [2.24, 2.45) is 17.6 Å². The van der Waals surface area contributed by atoms with Crippen molar-refractivity contribution in [1.82, 2.24) is 30.9 Å². The Labute approximate surface area is 232 Å². The maximum Gasteiger partial charge on any atom is 0.326 e. The molecule has 3 aromatic rings. The van der Waals surface area contributed by atoms with Crippen LogP contribution in [0.5, 0.6) is 0 Å². The highest BCUT2D eigenvalue weighted by molar-refractivity contribution is 5.94. The molecular weight excluding hydrogens is 514 g/mol. The second-order valence-corrected chi connectivity index (χ2v) is 10.5.